The van der Waals surface area contributed by atoms with Gasteiger partial charge in [-0.15, -0.1) is 0 Å². The zero-order chi connectivity index (χ0) is 13.5. The highest BCUT2D eigenvalue weighted by molar-refractivity contribution is 5.69. The Labute approximate surface area is 104 Å². The first kappa shape index (κ1) is 15.7. The third-order valence-electron chi connectivity index (χ3n) is 1.81. The Morgan fingerprint density at radius 3 is 2.06 bits per heavy atom. The Hall–Kier alpha value is -1.35. The fourth-order valence-electron chi connectivity index (χ4n) is 1.05. The third kappa shape index (κ3) is 10.9. The van der Waals surface area contributed by atoms with Gasteiger partial charge in [-0.2, -0.15) is 0 Å². The number of benzene rings is 1. The predicted molar refractivity (Wildman–Crippen MR) is 70.9 cm³/mol. The van der Waals surface area contributed by atoms with E-state index in [0.717, 1.165) is 5.56 Å². The third-order valence-corrected chi connectivity index (χ3v) is 1.81. The molecule has 0 saturated carbocycles. The smallest absolute Gasteiger partial charge is 0.306 e. The minimum atomic E-state index is -0.737. The van der Waals surface area contributed by atoms with E-state index in [1.807, 2.05) is 51.1 Å². The van der Waals surface area contributed by atoms with Crippen molar-refractivity contribution in [1.29, 1.82) is 0 Å². The molecule has 17 heavy (non-hydrogen) atoms. The molecule has 0 fully saturated rings. The summed E-state index contributed by atoms with van der Waals surface area (Å²) in [7, 11) is 0. The summed E-state index contributed by atoms with van der Waals surface area (Å²) in [5, 5.41) is 8.64. The van der Waals surface area contributed by atoms with Gasteiger partial charge in [-0.05, 0) is 32.8 Å². The van der Waals surface area contributed by atoms with Gasteiger partial charge in [0, 0.05) is 5.54 Å². The first-order valence-corrected chi connectivity index (χ1v) is 5.75. The summed E-state index contributed by atoms with van der Waals surface area (Å²) in [5.41, 5.74) is 6.43. The highest BCUT2D eigenvalue weighted by atomic mass is 16.4. The van der Waals surface area contributed by atoms with Crippen LogP contribution in [0.4, 0.5) is 0 Å². The van der Waals surface area contributed by atoms with Gasteiger partial charge in [0.25, 0.3) is 0 Å². The van der Waals surface area contributed by atoms with Crippen LogP contribution in [0.25, 0.3) is 0 Å². The van der Waals surface area contributed by atoms with Crippen molar-refractivity contribution in [3.8, 4) is 0 Å². The number of carboxylic acids is 1. The molecule has 0 aliphatic heterocycles. The second kappa shape index (κ2) is 7.07. The summed E-state index contributed by atoms with van der Waals surface area (Å²) in [5.74, 6) is -1.04. The number of aliphatic carboxylic acids is 1. The van der Waals surface area contributed by atoms with Gasteiger partial charge >= 0.3 is 5.97 Å². The molecule has 3 heteroatoms. The maximum atomic E-state index is 10.5. The molecule has 3 nitrogen and oxygen atoms in total. The minimum Gasteiger partial charge on any atom is -0.481 e. The first-order chi connectivity index (χ1) is 7.70. The quantitative estimate of drug-likeness (QED) is 0.849. The first-order valence-electron chi connectivity index (χ1n) is 5.75. The van der Waals surface area contributed by atoms with E-state index in [1.165, 1.54) is 0 Å². The van der Waals surface area contributed by atoms with E-state index in [4.69, 9.17) is 10.8 Å². The van der Waals surface area contributed by atoms with E-state index in [-0.39, 0.29) is 11.5 Å². The standard InChI is InChI=1S/C10H12O2.C4H11N/c1-8(10(11)12)7-9-5-3-2-4-6-9;1-4(2,3)5/h2-6,8H,7H2,1H3,(H,11,12);5H2,1-3H3. The molecule has 0 amide bonds. The summed E-state index contributed by atoms with van der Waals surface area (Å²) in [6.45, 7) is 7.61. The van der Waals surface area contributed by atoms with Crippen LogP contribution in [0, 0.1) is 5.92 Å². The van der Waals surface area contributed by atoms with Gasteiger partial charge < -0.3 is 10.8 Å². The van der Waals surface area contributed by atoms with E-state index >= 15 is 0 Å². The summed E-state index contributed by atoms with van der Waals surface area (Å²) in [4.78, 5) is 10.5. The van der Waals surface area contributed by atoms with E-state index in [2.05, 4.69) is 0 Å². The number of nitrogens with two attached hydrogens (primary N) is 1. The lowest BCUT2D eigenvalue weighted by Crippen LogP contribution is -2.26. The molecular formula is C14H23NO2. The van der Waals surface area contributed by atoms with Gasteiger partial charge in [0.1, 0.15) is 0 Å². The molecule has 0 radical (unpaired) electrons. The topological polar surface area (TPSA) is 63.3 Å². The number of rotatable bonds is 3. The largest absolute Gasteiger partial charge is 0.481 e. The zero-order valence-corrected chi connectivity index (χ0v) is 11.1. The van der Waals surface area contributed by atoms with Crippen molar-refractivity contribution in [2.24, 2.45) is 11.7 Å². The SMILES string of the molecule is CC(C)(C)N.CC(Cc1ccccc1)C(=O)O. The number of carbonyl (C=O) groups is 1. The van der Waals surface area contributed by atoms with Crippen LogP contribution in [0.2, 0.25) is 0 Å². The van der Waals surface area contributed by atoms with Crippen LogP contribution in [0.3, 0.4) is 0 Å². The Morgan fingerprint density at radius 1 is 1.29 bits per heavy atom. The lowest BCUT2D eigenvalue weighted by Gasteiger charge is -2.06. The average Bonchev–Trinajstić information content (AvgIpc) is 2.16. The van der Waals surface area contributed by atoms with Crippen LogP contribution >= 0.6 is 0 Å². The van der Waals surface area contributed by atoms with Gasteiger partial charge in [-0.3, -0.25) is 4.79 Å². The van der Waals surface area contributed by atoms with Crippen molar-refractivity contribution < 1.29 is 9.90 Å². The van der Waals surface area contributed by atoms with Crippen molar-refractivity contribution in [3.05, 3.63) is 35.9 Å². The predicted octanol–water partition coefficient (Wildman–Crippen LogP) is 2.69. The average molecular weight is 237 g/mol. The van der Waals surface area contributed by atoms with Crippen LogP contribution < -0.4 is 5.73 Å². The number of carboxylic acid groups (broad SMARTS) is 1. The Kier molecular flexibility index (Phi) is 6.51. The van der Waals surface area contributed by atoms with Crippen molar-refractivity contribution >= 4 is 5.97 Å². The maximum Gasteiger partial charge on any atom is 0.306 e. The second-order valence-corrected chi connectivity index (χ2v) is 5.30. The van der Waals surface area contributed by atoms with Gasteiger partial charge in [0.15, 0.2) is 0 Å². The van der Waals surface area contributed by atoms with Gasteiger partial charge in [0.2, 0.25) is 0 Å². The van der Waals surface area contributed by atoms with Crippen LogP contribution in [0.1, 0.15) is 33.3 Å². The molecule has 1 aromatic carbocycles. The maximum absolute atomic E-state index is 10.5. The summed E-state index contributed by atoms with van der Waals surface area (Å²) in [6.07, 6.45) is 0.607. The molecule has 1 aromatic rings. The van der Waals surface area contributed by atoms with Crippen molar-refractivity contribution in [2.45, 2.75) is 39.7 Å². The van der Waals surface area contributed by atoms with Crippen LogP contribution in [-0.4, -0.2) is 16.6 Å². The molecule has 1 rings (SSSR count). The molecule has 0 aliphatic carbocycles. The monoisotopic (exact) mass is 237 g/mol. The lowest BCUT2D eigenvalue weighted by molar-refractivity contribution is -0.141. The van der Waals surface area contributed by atoms with Gasteiger partial charge in [-0.25, -0.2) is 0 Å². The fourth-order valence-corrected chi connectivity index (χ4v) is 1.05. The molecule has 0 bridgehead atoms. The molecular weight excluding hydrogens is 214 g/mol. The van der Waals surface area contributed by atoms with E-state index in [9.17, 15) is 4.79 Å². The van der Waals surface area contributed by atoms with E-state index in [1.54, 1.807) is 6.92 Å². The highest BCUT2D eigenvalue weighted by Gasteiger charge is 2.10. The van der Waals surface area contributed by atoms with Crippen LogP contribution in [0.5, 0.6) is 0 Å². The summed E-state index contributed by atoms with van der Waals surface area (Å²) < 4.78 is 0. The van der Waals surface area contributed by atoms with Crippen molar-refractivity contribution in [1.82, 2.24) is 0 Å². The second-order valence-electron chi connectivity index (χ2n) is 5.30. The Balaban J connectivity index is 0.000000437. The van der Waals surface area contributed by atoms with E-state index < -0.39 is 5.97 Å². The van der Waals surface area contributed by atoms with E-state index in [0.29, 0.717) is 6.42 Å². The minimum absolute atomic E-state index is 0. The molecule has 1 atom stereocenters. The fraction of sp³-hybridized carbons (Fsp3) is 0.500. The molecule has 1 unspecified atom stereocenters. The molecule has 3 N–H and O–H groups in total. The molecule has 0 spiro atoms. The van der Waals surface area contributed by atoms with Crippen LogP contribution in [-0.2, 0) is 11.2 Å². The molecule has 96 valence electrons. The van der Waals surface area contributed by atoms with Gasteiger partial charge in [0.05, 0.1) is 5.92 Å². The number of hydrogen-bond donors (Lipinski definition) is 2. The molecule has 0 heterocycles. The number of hydrogen-bond acceptors (Lipinski definition) is 2. The zero-order valence-electron chi connectivity index (χ0n) is 11.1. The molecule has 0 saturated heterocycles. The highest BCUT2D eigenvalue weighted by Crippen LogP contribution is 2.07. The summed E-state index contributed by atoms with van der Waals surface area (Å²) in [6, 6.07) is 9.65. The van der Waals surface area contributed by atoms with Gasteiger partial charge in [-0.1, -0.05) is 37.3 Å². The Bertz CT molecular complexity index is 322. The van der Waals surface area contributed by atoms with Crippen LogP contribution in [0.15, 0.2) is 30.3 Å². The Morgan fingerprint density at radius 2 is 1.71 bits per heavy atom. The van der Waals surface area contributed by atoms with Crippen molar-refractivity contribution in [3.63, 3.8) is 0 Å². The summed E-state index contributed by atoms with van der Waals surface area (Å²) >= 11 is 0. The van der Waals surface area contributed by atoms with Crippen molar-refractivity contribution in [2.75, 3.05) is 0 Å². The molecule has 0 aromatic heterocycles. The normalized spacial score (nSPS) is 12.3. The molecule has 0 aliphatic rings. The lowest BCUT2D eigenvalue weighted by atomic mass is 10.0.